The van der Waals surface area contributed by atoms with Gasteiger partial charge < -0.3 is 28.6 Å². The first-order valence-corrected chi connectivity index (χ1v) is 11.4. The molecule has 174 valence electrons. The van der Waals surface area contributed by atoms with Gasteiger partial charge in [-0.05, 0) is 37.1 Å². The molecule has 0 spiro atoms. The van der Waals surface area contributed by atoms with Crippen LogP contribution < -0.4 is 9.47 Å². The standard InChI is InChI=1S/C24H27N3O6/c28-22(17-7-9-25(10-8-17)23(29)20-6-3-15-31-20)26-11-13-27(14-12-26)24(30)21-16-32-18-4-1-2-5-19(18)33-21/h1-6,15,17,21H,7-14,16H2/t21-/m1/s1. The van der Waals surface area contributed by atoms with Gasteiger partial charge in [0.05, 0.1) is 6.26 Å². The lowest BCUT2D eigenvalue weighted by Gasteiger charge is -2.39. The van der Waals surface area contributed by atoms with Crippen LogP contribution in [0.3, 0.4) is 0 Å². The zero-order chi connectivity index (χ0) is 22.8. The number of carbonyl (C=O) groups is 3. The second kappa shape index (κ2) is 9.17. The normalized spacial score (nSPS) is 21.1. The molecule has 1 atom stereocenters. The van der Waals surface area contributed by atoms with Crippen molar-refractivity contribution in [2.24, 2.45) is 5.92 Å². The third-order valence-corrected chi connectivity index (χ3v) is 6.55. The lowest BCUT2D eigenvalue weighted by atomic mass is 9.94. The first-order valence-electron chi connectivity index (χ1n) is 11.4. The third kappa shape index (κ3) is 4.40. The molecule has 9 nitrogen and oxygen atoms in total. The summed E-state index contributed by atoms with van der Waals surface area (Å²) in [6, 6.07) is 10.7. The fourth-order valence-corrected chi connectivity index (χ4v) is 4.64. The molecule has 1 aromatic carbocycles. The van der Waals surface area contributed by atoms with Gasteiger partial charge >= 0.3 is 0 Å². The maximum atomic E-state index is 13.0. The first-order chi connectivity index (χ1) is 16.1. The second-order valence-corrected chi connectivity index (χ2v) is 8.56. The second-order valence-electron chi connectivity index (χ2n) is 8.56. The number of ether oxygens (including phenoxy) is 2. The molecular formula is C24H27N3O6. The number of likely N-dealkylation sites (tertiary alicyclic amines) is 1. The molecule has 3 aliphatic heterocycles. The zero-order valence-electron chi connectivity index (χ0n) is 18.4. The number of nitrogens with zero attached hydrogens (tertiary/aromatic N) is 3. The smallest absolute Gasteiger partial charge is 0.289 e. The molecule has 5 rings (SSSR count). The quantitative estimate of drug-likeness (QED) is 0.702. The molecule has 2 aromatic rings. The van der Waals surface area contributed by atoms with Crippen LogP contribution in [0.15, 0.2) is 47.1 Å². The summed E-state index contributed by atoms with van der Waals surface area (Å²) in [5, 5.41) is 0. The maximum absolute atomic E-state index is 13.0. The SMILES string of the molecule is O=C(c1ccco1)N1CCC(C(=O)N2CCN(C(=O)[C@H]3COc4ccccc4O3)CC2)CC1. The number of para-hydroxylation sites is 2. The fraction of sp³-hybridized carbons (Fsp3) is 0.458. The third-order valence-electron chi connectivity index (χ3n) is 6.55. The minimum Gasteiger partial charge on any atom is -0.485 e. The molecule has 3 amide bonds. The van der Waals surface area contributed by atoms with Gasteiger partial charge in [-0.3, -0.25) is 14.4 Å². The number of amides is 3. The number of piperidine rings is 1. The Hall–Kier alpha value is -3.49. The summed E-state index contributed by atoms with van der Waals surface area (Å²) >= 11 is 0. The van der Waals surface area contributed by atoms with Gasteiger partial charge in [-0.1, -0.05) is 12.1 Å². The van der Waals surface area contributed by atoms with Crippen LogP contribution >= 0.6 is 0 Å². The highest BCUT2D eigenvalue weighted by atomic mass is 16.6. The molecule has 0 aliphatic carbocycles. The van der Waals surface area contributed by atoms with E-state index < -0.39 is 6.10 Å². The van der Waals surface area contributed by atoms with Gasteiger partial charge in [-0.15, -0.1) is 0 Å². The van der Waals surface area contributed by atoms with E-state index in [1.54, 1.807) is 28.0 Å². The van der Waals surface area contributed by atoms with Gasteiger partial charge in [0.1, 0.15) is 6.61 Å². The molecule has 3 aliphatic rings. The summed E-state index contributed by atoms with van der Waals surface area (Å²) in [5.41, 5.74) is 0. The average molecular weight is 453 g/mol. The summed E-state index contributed by atoms with van der Waals surface area (Å²) in [6.45, 7) is 3.21. The molecule has 0 saturated carbocycles. The van der Waals surface area contributed by atoms with Gasteiger partial charge in [0.25, 0.3) is 11.8 Å². The minimum atomic E-state index is -0.668. The van der Waals surface area contributed by atoms with Crippen LogP contribution in [0, 0.1) is 5.92 Å². The Morgan fingerprint density at radius 1 is 0.758 bits per heavy atom. The number of fused-ring (bicyclic) bond motifs is 1. The highest BCUT2D eigenvalue weighted by Crippen LogP contribution is 2.31. The van der Waals surface area contributed by atoms with Crippen LogP contribution in [-0.2, 0) is 9.59 Å². The van der Waals surface area contributed by atoms with E-state index in [-0.39, 0.29) is 30.2 Å². The van der Waals surface area contributed by atoms with Crippen LogP contribution in [0.1, 0.15) is 23.4 Å². The number of hydrogen-bond donors (Lipinski definition) is 0. The van der Waals surface area contributed by atoms with Crippen molar-refractivity contribution in [3.8, 4) is 11.5 Å². The van der Waals surface area contributed by atoms with Crippen molar-refractivity contribution >= 4 is 17.7 Å². The van der Waals surface area contributed by atoms with Crippen LogP contribution in [0.4, 0.5) is 0 Å². The van der Waals surface area contributed by atoms with E-state index in [0.717, 1.165) is 0 Å². The summed E-state index contributed by atoms with van der Waals surface area (Å²) < 4.78 is 16.7. The Bertz CT molecular complexity index is 1010. The van der Waals surface area contributed by atoms with Gasteiger partial charge in [-0.2, -0.15) is 0 Å². The van der Waals surface area contributed by atoms with Crippen molar-refractivity contribution in [3.63, 3.8) is 0 Å². The van der Waals surface area contributed by atoms with Crippen molar-refractivity contribution in [1.82, 2.24) is 14.7 Å². The minimum absolute atomic E-state index is 0.0977. The summed E-state index contributed by atoms with van der Waals surface area (Å²) in [6.07, 6.45) is 2.09. The largest absolute Gasteiger partial charge is 0.485 e. The molecule has 4 heterocycles. The molecule has 0 unspecified atom stereocenters. The molecular weight excluding hydrogens is 426 g/mol. The van der Waals surface area contributed by atoms with E-state index in [4.69, 9.17) is 13.9 Å². The van der Waals surface area contributed by atoms with E-state index in [9.17, 15) is 14.4 Å². The summed E-state index contributed by atoms with van der Waals surface area (Å²) in [5.74, 6) is 1.33. The Morgan fingerprint density at radius 2 is 1.42 bits per heavy atom. The van der Waals surface area contributed by atoms with Crippen molar-refractivity contribution in [1.29, 1.82) is 0 Å². The molecule has 2 saturated heterocycles. The molecule has 1 aromatic heterocycles. The predicted octanol–water partition coefficient (Wildman–Crippen LogP) is 1.64. The van der Waals surface area contributed by atoms with Crippen molar-refractivity contribution < 1.29 is 28.3 Å². The van der Waals surface area contributed by atoms with E-state index >= 15 is 0 Å². The molecule has 2 fully saturated rings. The maximum Gasteiger partial charge on any atom is 0.289 e. The fourth-order valence-electron chi connectivity index (χ4n) is 4.64. The number of furan rings is 1. The number of hydrogen-bond acceptors (Lipinski definition) is 6. The summed E-state index contributed by atoms with van der Waals surface area (Å²) in [7, 11) is 0. The Balaban J connectivity index is 1.09. The summed E-state index contributed by atoms with van der Waals surface area (Å²) in [4.78, 5) is 43.7. The molecule has 0 N–H and O–H groups in total. The van der Waals surface area contributed by atoms with Crippen molar-refractivity contribution in [3.05, 3.63) is 48.4 Å². The van der Waals surface area contributed by atoms with Gasteiger partial charge in [0.15, 0.2) is 17.3 Å². The van der Waals surface area contributed by atoms with Crippen molar-refractivity contribution in [2.45, 2.75) is 18.9 Å². The number of piperazine rings is 1. The van der Waals surface area contributed by atoms with Crippen molar-refractivity contribution in [2.75, 3.05) is 45.9 Å². The van der Waals surface area contributed by atoms with E-state index in [0.29, 0.717) is 69.4 Å². The highest BCUT2D eigenvalue weighted by molar-refractivity contribution is 5.91. The highest BCUT2D eigenvalue weighted by Gasteiger charge is 2.36. The molecule has 0 bridgehead atoms. The van der Waals surface area contributed by atoms with Crippen LogP contribution in [0.5, 0.6) is 11.5 Å². The average Bonchev–Trinajstić information content (AvgIpc) is 3.42. The number of benzene rings is 1. The molecule has 33 heavy (non-hydrogen) atoms. The monoisotopic (exact) mass is 453 g/mol. The topological polar surface area (TPSA) is 92.5 Å². The lowest BCUT2D eigenvalue weighted by molar-refractivity contribution is -0.148. The van der Waals surface area contributed by atoms with Gasteiger partial charge in [-0.25, -0.2) is 0 Å². The molecule has 9 heteroatoms. The predicted molar refractivity (Wildman–Crippen MR) is 117 cm³/mol. The van der Waals surface area contributed by atoms with Crippen LogP contribution in [0.2, 0.25) is 0 Å². The van der Waals surface area contributed by atoms with Gasteiger partial charge in [0, 0.05) is 45.2 Å². The van der Waals surface area contributed by atoms with E-state index in [2.05, 4.69) is 0 Å². The Labute approximate surface area is 191 Å². The Kier molecular flexibility index (Phi) is 5.93. The molecule has 0 radical (unpaired) electrons. The van der Waals surface area contributed by atoms with Crippen LogP contribution in [-0.4, -0.2) is 84.4 Å². The van der Waals surface area contributed by atoms with E-state index in [1.165, 1.54) is 6.26 Å². The number of rotatable bonds is 3. The first kappa shape index (κ1) is 21.4. The Morgan fingerprint density at radius 3 is 2.09 bits per heavy atom. The lowest BCUT2D eigenvalue weighted by Crippen LogP contribution is -2.56. The van der Waals surface area contributed by atoms with Gasteiger partial charge in [0.2, 0.25) is 12.0 Å². The van der Waals surface area contributed by atoms with E-state index in [1.807, 2.05) is 23.1 Å². The van der Waals surface area contributed by atoms with Crippen LogP contribution in [0.25, 0.3) is 0 Å². The number of carbonyl (C=O) groups excluding carboxylic acids is 3. The zero-order valence-corrected chi connectivity index (χ0v) is 18.4.